The Morgan fingerprint density at radius 2 is 2.27 bits per heavy atom. The second-order valence-corrected chi connectivity index (χ2v) is 5.59. The summed E-state index contributed by atoms with van der Waals surface area (Å²) in [6.07, 6.45) is 1.85. The summed E-state index contributed by atoms with van der Waals surface area (Å²) in [5.41, 5.74) is 0.254. The summed E-state index contributed by atoms with van der Waals surface area (Å²) in [5, 5.41) is 9.45. The zero-order chi connectivity index (χ0) is 11.3. The molecule has 15 heavy (non-hydrogen) atoms. The zero-order valence-corrected chi connectivity index (χ0v) is 9.25. The average molecular weight is 231 g/mol. The van der Waals surface area contributed by atoms with Crippen LogP contribution in [0.5, 0.6) is 0 Å². The largest absolute Gasteiger partial charge is 0.292 e. The fourth-order valence-electron chi connectivity index (χ4n) is 1.06. The molecule has 6 nitrogen and oxygen atoms in total. The number of H-pyrrole nitrogens is 1. The zero-order valence-electron chi connectivity index (χ0n) is 8.43. The lowest BCUT2D eigenvalue weighted by Crippen LogP contribution is -2.10. The van der Waals surface area contributed by atoms with Gasteiger partial charge in [0.25, 0.3) is 0 Å². The highest BCUT2D eigenvalue weighted by atomic mass is 32.2. The fourth-order valence-corrected chi connectivity index (χ4v) is 1.93. The first-order chi connectivity index (χ1) is 7.05. The SMILES string of the molecule is CCS(=O)(=O)CCCC(=O)c1cn[nH]n1. The first kappa shape index (κ1) is 11.8. The monoisotopic (exact) mass is 231 g/mol. The van der Waals surface area contributed by atoms with E-state index in [1.54, 1.807) is 6.92 Å². The van der Waals surface area contributed by atoms with E-state index in [9.17, 15) is 13.2 Å². The molecule has 0 amide bonds. The molecule has 0 fully saturated rings. The molecule has 0 aliphatic heterocycles. The number of aromatic amines is 1. The van der Waals surface area contributed by atoms with Crippen LogP contribution in [0.25, 0.3) is 0 Å². The van der Waals surface area contributed by atoms with E-state index >= 15 is 0 Å². The molecule has 0 spiro atoms. The molecule has 0 radical (unpaired) electrons. The second kappa shape index (κ2) is 5.01. The number of hydrogen-bond acceptors (Lipinski definition) is 5. The lowest BCUT2D eigenvalue weighted by atomic mass is 10.2. The molecule has 1 N–H and O–H groups in total. The molecule has 1 aromatic heterocycles. The third-order valence-electron chi connectivity index (χ3n) is 2.00. The third kappa shape index (κ3) is 3.78. The van der Waals surface area contributed by atoms with Crippen LogP contribution in [0.2, 0.25) is 0 Å². The van der Waals surface area contributed by atoms with Crippen LogP contribution in [-0.2, 0) is 9.84 Å². The van der Waals surface area contributed by atoms with Crippen molar-refractivity contribution in [1.82, 2.24) is 15.4 Å². The van der Waals surface area contributed by atoms with Crippen molar-refractivity contribution in [2.24, 2.45) is 0 Å². The van der Waals surface area contributed by atoms with Gasteiger partial charge < -0.3 is 0 Å². The molecule has 0 unspecified atom stereocenters. The van der Waals surface area contributed by atoms with Gasteiger partial charge in [-0.2, -0.15) is 15.4 Å². The highest BCUT2D eigenvalue weighted by molar-refractivity contribution is 7.91. The molecule has 0 aliphatic carbocycles. The molecular formula is C8H13N3O3S. The molecule has 0 saturated carbocycles. The summed E-state index contributed by atoms with van der Waals surface area (Å²) in [5.74, 6) is -0.0202. The Bertz CT molecular complexity index is 410. The number of sulfone groups is 1. The number of ketones is 1. The van der Waals surface area contributed by atoms with E-state index in [-0.39, 0.29) is 29.4 Å². The van der Waals surface area contributed by atoms with Crippen molar-refractivity contribution in [1.29, 1.82) is 0 Å². The first-order valence-corrected chi connectivity index (χ1v) is 6.46. The minimum Gasteiger partial charge on any atom is -0.292 e. The molecule has 0 bridgehead atoms. The van der Waals surface area contributed by atoms with Gasteiger partial charge in [-0.05, 0) is 6.42 Å². The van der Waals surface area contributed by atoms with Crippen LogP contribution < -0.4 is 0 Å². The van der Waals surface area contributed by atoms with Crippen LogP contribution in [0.4, 0.5) is 0 Å². The summed E-state index contributed by atoms with van der Waals surface area (Å²) in [4.78, 5) is 11.4. The molecule has 1 heterocycles. The normalized spacial score (nSPS) is 11.5. The number of aromatic nitrogens is 3. The number of nitrogens with one attached hydrogen (secondary N) is 1. The smallest absolute Gasteiger partial charge is 0.184 e. The lowest BCUT2D eigenvalue weighted by Gasteiger charge is -1.99. The number of nitrogens with zero attached hydrogens (tertiary/aromatic N) is 2. The van der Waals surface area contributed by atoms with Gasteiger partial charge in [-0.15, -0.1) is 0 Å². The highest BCUT2D eigenvalue weighted by Gasteiger charge is 2.12. The summed E-state index contributed by atoms with van der Waals surface area (Å²) < 4.78 is 22.2. The fraction of sp³-hybridized carbons (Fsp3) is 0.625. The van der Waals surface area contributed by atoms with Gasteiger partial charge in [-0.1, -0.05) is 6.92 Å². The number of carbonyl (C=O) groups excluding carboxylic acids is 1. The molecule has 0 saturated heterocycles. The Hall–Kier alpha value is -1.24. The predicted molar refractivity (Wildman–Crippen MR) is 54.3 cm³/mol. The Kier molecular flexibility index (Phi) is 3.96. The van der Waals surface area contributed by atoms with E-state index < -0.39 is 9.84 Å². The minimum absolute atomic E-state index is 0.0487. The van der Waals surface area contributed by atoms with Gasteiger partial charge >= 0.3 is 0 Å². The van der Waals surface area contributed by atoms with Gasteiger partial charge in [0.05, 0.1) is 11.9 Å². The van der Waals surface area contributed by atoms with E-state index in [0.717, 1.165) is 0 Å². The number of carbonyl (C=O) groups is 1. The summed E-state index contributed by atoms with van der Waals surface area (Å²) in [7, 11) is -2.98. The highest BCUT2D eigenvalue weighted by Crippen LogP contribution is 2.02. The van der Waals surface area contributed by atoms with E-state index in [0.29, 0.717) is 6.42 Å². The van der Waals surface area contributed by atoms with Crippen molar-refractivity contribution in [2.75, 3.05) is 11.5 Å². The average Bonchev–Trinajstić information content (AvgIpc) is 2.70. The Morgan fingerprint density at radius 1 is 1.53 bits per heavy atom. The van der Waals surface area contributed by atoms with Crippen molar-refractivity contribution in [3.8, 4) is 0 Å². The van der Waals surface area contributed by atoms with Crippen LogP contribution in [-0.4, -0.2) is 41.1 Å². The maximum absolute atomic E-state index is 11.4. The van der Waals surface area contributed by atoms with Gasteiger partial charge in [-0.25, -0.2) is 8.42 Å². The predicted octanol–water partition coefficient (Wildman–Crippen LogP) is 0.202. The summed E-state index contributed by atoms with van der Waals surface area (Å²) >= 11 is 0. The lowest BCUT2D eigenvalue weighted by molar-refractivity contribution is 0.0977. The van der Waals surface area contributed by atoms with Gasteiger partial charge in [-0.3, -0.25) is 4.79 Å². The maximum Gasteiger partial charge on any atom is 0.184 e. The van der Waals surface area contributed by atoms with E-state index in [1.807, 2.05) is 0 Å². The number of rotatable bonds is 6. The van der Waals surface area contributed by atoms with Crippen molar-refractivity contribution < 1.29 is 13.2 Å². The topological polar surface area (TPSA) is 92.8 Å². The van der Waals surface area contributed by atoms with Crippen LogP contribution >= 0.6 is 0 Å². The minimum atomic E-state index is -2.98. The van der Waals surface area contributed by atoms with Crippen LogP contribution in [0.15, 0.2) is 6.20 Å². The van der Waals surface area contributed by atoms with E-state index in [2.05, 4.69) is 15.4 Å². The standard InChI is InChI=1S/C8H13N3O3S/c1-2-15(13,14)5-3-4-8(12)7-6-9-11-10-7/h6H,2-5H2,1H3,(H,9,10,11). The van der Waals surface area contributed by atoms with Crippen molar-refractivity contribution in [3.63, 3.8) is 0 Å². The van der Waals surface area contributed by atoms with Gasteiger partial charge in [0.2, 0.25) is 0 Å². The van der Waals surface area contributed by atoms with Crippen molar-refractivity contribution >= 4 is 15.6 Å². The summed E-state index contributed by atoms with van der Waals surface area (Å²) in [6.45, 7) is 1.59. The van der Waals surface area contributed by atoms with Crippen molar-refractivity contribution in [2.45, 2.75) is 19.8 Å². The van der Waals surface area contributed by atoms with Crippen molar-refractivity contribution in [3.05, 3.63) is 11.9 Å². The van der Waals surface area contributed by atoms with E-state index in [4.69, 9.17) is 0 Å². The quantitative estimate of drug-likeness (QED) is 0.706. The summed E-state index contributed by atoms with van der Waals surface area (Å²) in [6, 6.07) is 0. The molecule has 84 valence electrons. The maximum atomic E-state index is 11.4. The first-order valence-electron chi connectivity index (χ1n) is 4.64. The molecule has 1 rings (SSSR count). The van der Waals surface area contributed by atoms with Gasteiger partial charge in [0, 0.05) is 12.2 Å². The third-order valence-corrected chi connectivity index (χ3v) is 3.79. The van der Waals surface area contributed by atoms with Crippen LogP contribution in [0.3, 0.4) is 0 Å². The Balaban J connectivity index is 2.36. The molecule has 1 aromatic rings. The number of Topliss-reactive ketones (excluding diaryl/α,β-unsaturated/α-hetero) is 1. The van der Waals surface area contributed by atoms with Crippen LogP contribution in [0, 0.1) is 0 Å². The van der Waals surface area contributed by atoms with Gasteiger partial charge in [0.15, 0.2) is 5.78 Å². The molecule has 0 aromatic carbocycles. The van der Waals surface area contributed by atoms with Gasteiger partial charge in [0.1, 0.15) is 15.5 Å². The van der Waals surface area contributed by atoms with E-state index in [1.165, 1.54) is 6.20 Å². The Morgan fingerprint density at radius 3 is 2.80 bits per heavy atom. The molecule has 0 aliphatic rings. The number of hydrogen-bond donors (Lipinski definition) is 1. The molecule has 7 heteroatoms. The Labute approximate surface area is 88.0 Å². The molecule has 0 atom stereocenters. The van der Waals surface area contributed by atoms with Crippen LogP contribution in [0.1, 0.15) is 30.3 Å². The second-order valence-electron chi connectivity index (χ2n) is 3.12. The molecular weight excluding hydrogens is 218 g/mol.